The monoisotopic (exact) mass is 414 g/mol. The largest absolute Gasteiger partial charge is 0.416 e. The lowest BCUT2D eigenvalue weighted by Crippen LogP contribution is -2.05. The second kappa shape index (κ2) is 12.5. The molecule has 2 rings (SSSR count). The minimum atomic E-state index is -4.28. The molecule has 0 nitrogen and oxygen atoms in total. The molecule has 2 aromatic rings. The van der Waals surface area contributed by atoms with E-state index >= 15 is 0 Å². The fraction of sp³-hybridized carbons (Fsp3) is 0.481. The van der Waals surface area contributed by atoms with E-state index in [4.69, 9.17) is 0 Å². The second-order valence-electron chi connectivity index (χ2n) is 8.08. The third-order valence-corrected chi connectivity index (χ3v) is 5.52. The molecule has 0 N–H and O–H groups in total. The summed E-state index contributed by atoms with van der Waals surface area (Å²) in [5.41, 5.74) is 2.63. The van der Waals surface area contributed by atoms with Gasteiger partial charge in [0, 0.05) is 12.0 Å². The number of aryl methyl sites for hydroxylation is 1. The lowest BCUT2D eigenvalue weighted by atomic mass is 9.93. The molecule has 0 saturated carbocycles. The average Bonchev–Trinajstić information content (AvgIpc) is 2.74. The normalized spacial score (nSPS) is 12.3. The summed E-state index contributed by atoms with van der Waals surface area (Å²) in [6, 6.07) is 13.9. The molecule has 30 heavy (non-hydrogen) atoms. The highest BCUT2D eigenvalue weighted by Crippen LogP contribution is 2.31. The summed E-state index contributed by atoms with van der Waals surface area (Å²) >= 11 is 0. The maximum atomic E-state index is 12.7. The van der Waals surface area contributed by atoms with Gasteiger partial charge in [0.05, 0.1) is 5.56 Å². The van der Waals surface area contributed by atoms with Crippen molar-refractivity contribution in [2.45, 2.75) is 83.7 Å². The Morgan fingerprint density at radius 2 is 1.47 bits per heavy atom. The number of benzene rings is 2. The topological polar surface area (TPSA) is 0 Å². The summed E-state index contributed by atoms with van der Waals surface area (Å²) in [6.07, 6.45) is 6.19. The van der Waals surface area contributed by atoms with Crippen molar-refractivity contribution in [1.82, 2.24) is 0 Å². The number of hydrogen-bond donors (Lipinski definition) is 0. The van der Waals surface area contributed by atoms with Crippen molar-refractivity contribution < 1.29 is 13.2 Å². The van der Waals surface area contributed by atoms with Crippen LogP contribution in [-0.2, 0) is 12.6 Å². The van der Waals surface area contributed by atoms with Gasteiger partial charge >= 0.3 is 6.18 Å². The molecule has 0 spiro atoms. The Morgan fingerprint density at radius 1 is 0.833 bits per heavy atom. The van der Waals surface area contributed by atoms with Crippen LogP contribution in [-0.4, -0.2) is 0 Å². The molecule has 1 unspecified atom stereocenters. The van der Waals surface area contributed by atoms with E-state index in [-0.39, 0.29) is 5.92 Å². The molecule has 0 heterocycles. The van der Waals surface area contributed by atoms with Crippen LogP contribution in [0.25, 0.3) is 0 Å². The zero-order valence-electron chi connectivity index (χ0n) is 18.2. The fourth-order valence-corrected chi connectivity index (χ4v) is 3.46. The number of halogens is 3. The summed E-state index contributed by atoms with van der Waals surface area (Å²) in [5.74, 6) is 6.72. The van der Waals surface area contributed by atoms with Gasteiger partial charge in [-0.2, -0.15) is 13.2 Å². The Morgan fingerprint density at radius 3 is 2.10 bits per heavy atom. The minimum absolute atomic E-state index is 0.212. The summed E-state index contributed by atoms with van der Waals surface area (Å²) in [4.78, 5) is 0. The second-order valence-corrected chi connectivity index (χ2v) is 8.08. The smallest absolute Gasteiger partial charge is 0.166 e. The highest BCUT2D eigenvalue weighted by molar-refractivity contribution is 5.36. The first-order chi connectivity index (χ1) is 14.4. The Kier molecular flexibility index (Phi) is 10.0. The Bertz CT molecular complexity index is 789. The van der Waals surface area contributed by atoms with Gasteiger partial charge in [-0.1, -0.05) is 82.1 Å². The van der Waals surface area contributed by atoms with Crippen LogP contribution in [0.1, 0.15) is 93.4 Å². The number of alkyl halides is 3. The van der Waals surface area contributed by atoms with Crippen molar-refractivity contribution in [1.29, 1.82) is 0 Å². The summed E-state index contributed by atoms with van der Waals surface area (Å²) in [7, 11) is 0. The van der Waals surface area contributed by atoms with E-state index in [2.05, 4.69) is 50.0 Å². The minimum Gasteiger partial charge on any atom is -0.166 e. The van der Waals surface area contributed by atoms with Crippen LogP contribution in [0.5, 0.6) is 0 Å². The molecule has 162 valence electrons. The first-order valence-electron chi connectivity index (χ1n) is 11.1. The van der Waals surface area contributed by atoms with E-state index in [9.17, 15) is 13.2 Å². The van der Waals surface area contributed by atoms with E-state index in [0.717, 1.165) is 30.4 Å². The van der Waals surface area contributed by atoms with Crippen molar-refractivity contribution >= 4 is 0 Å². The van der Waals surface area contributed by atoms with E-state index < -0.39 is 11.7 Å². The first kappa shape index (κ1) is 24.1. The van der Waals surface area contributed by atoms with Crippen molar-refractivity contribution in [2.75, 3.05) is 0 Å². The van der Waals surface area contributed by atoms with Crippen LogP contribution in [0.2, 0.25) is 0 Å². The van der Waals surface area contributed by atoms with Gasteiger partial charge < -0.3 is 0 Å². The highest BCUT2D eigenvalue weighted by Gasteiger charge is 2.30. The molecule has 0 aliphatic rings. The van der Waals surface area contributed by atoms with Gasteiger partial charge in [-0.05, 0) is 60.6 Å². The molecule has 0 aliphatic heterocycles. The quantitative estimate of drug-likeness (QED) is 0.270. The standard InChI is InChI=1S/C27H33F3/c1-3-4-5-6-7-8-9-10-11-23-14-16-24(17-15-23)13-12-22(2)25-18-20-26(21-19-25)27(28,29)30/h14-22H,3-9,12-13H2,1-2H3. The zero-order valence-corrected chi connectivity index (χ0v) is 18.2. The lowest BCUT2D eigenvalue weighted by Gasteiger charge is -2.13. The Labute approximate surface area is 179 Å². The molecule has 0 bridgehead atoms. The molecule has 1 atom stereocenters. The molecule has 0 radical (unpaired) electrons. The molecule has 0 amide bonds. The maximum Gasteiger partial charge on any atom is 0.416 e. The molecular formula is C27H33F3. The van der Waals surface area contributed by atoms with Crippen LogP contribution in [0, 0.1) is 11.8 Å². The highest BCUT2D eigenvalue weighted by atomic mass is 19.4. The van der Waals surface area contributed by atoms with Crippen LogP contribution in [0.15, 0.2) is 48.5 Å². The molecule has 0 saturated heterocycles. The summed E-state index contributed by atoms with van der Waals surface area (Å²) in [6.45, 7) is 4.29. The summed E-state index contributed by atoms with van der Waals surface area (Å²) < 4.78 is 38.1. The van der Waals surface area contributed by atoms with Crippen LogP contribution in [0.3, 0.4) is 0 Å². The number of rotatable bonds is 10. The fourth-order valence-electron chi connectivity index (χ4n) is 3.46. The lowest BCUT2D eigenvalue weighted by molar-refractivity contribution is -0.137. The van der Waals surface area contributed by atoms with Crippen molar-refractivity contribution in [3.05, 3.63) is 70.8 Å². The molecule has 2 aromatic carbocycles. The molecule has 3 heteroatoms. The molecular weight excluding hydrogens is 381 g/mol. The Hall–Kier alpha value is -2.21. The van der Waals surface area contributed by atoms with Crippen molar-refractivity contribution in [2.24, 2.45) is 0 Å². The molecule has 0 aliphatic carbocycles. The van der Waals surface area contributed by atoms with Gasteiger partial charge in [0.1, 0.15) is 0 Å². The Balaban J connectivity index is 1.75. The molecule has 0 aromatic heterocycles. The van der Waals surface area contributed by atoms with E-state index in [0.29, 0.717) is 0 Å². The van der Waals surface area contributed by atoms with Gasteiger partial charge in [-0.3, -0.25) is 0 Å². The van der Waals surface area contributed by atoms with Crippen LogP contribution in [0.4, 0.5) is 13.2 Å². The third kappa shape index (κ3) is 8.66. The number of hydrogen-bond acceptors (Lipinski definition) is 0. The van der Waals surface area contributed by atoms with Crippen molar-refractivity contribution in [3.63, 3.8) is 0 Å². The van der Waals surface area contributed by atoms with Gasteiger partial charge in [0.15, 0.2) is 0 Å². The van der Waals surface area contributed by atoms with Gasteiger partial charge in [0.2, 0.25) is 0 Å². The van der Waals surface area contributed by atoms with E-state index in [1.54, 1.807) is 12.1 Å². The average molecular weight is 415 g/mol. The number of unbranched alkanes of at least 4 members (excludes halogenated alkanes) is 6. The first-order valence-corrected chi connectivity index (χ1v) is 11.1. The summed E-state index contributed by atoms with van der Waals surface area (Å²) in [5, 5.41) is 0. The SMILES string of the molecule is CCCCCCCCC#Cc1ccc(CCC(C)c2ccc(C(F)(F)F)cc2)cc1. The maximum absolute atomic E-state index is 12.7. The predicted molar refractivity (Wildman–Crippen MR) is 119 cm³/mol. The van der Waals surface area contributed by atoms with Gasteiger partial charge in [-0.15, -0.1) is 0 Å². The van der Waals surface area contributed by atoms with Gasteiger partial charge in [-0.25, -0.2) is 0 Å². The van der Waals surface area contributed by atoms with E-state index in [1.807, 2.05) is 0 Å². The van der Waals surface area contributed by atoms with E-state index in [1.165, 1.54) is 56.2 Å². The predicted octanol–water partition coefficient (Wildman–Crippen LogP) is 8.54. The zero-order chi connectivity index (χ0) is 21.8. The molecule has 0 fully saturated rings. The van der Waals surface area contributed by atoms with Crippen LogP contribution >= 0.6 is 0 Å². The van der Waals surface area contributed by atoms with Crippen LogP contribution < -0.4 is 0 Å². The van der Waals surface area contributed by atoms with Gasteiger partial charge in [0.25, 0.3) is 0 Å². The third-order valence-electron chi connectivity index (χ3n) is 5.52. The van der Waals surface area contributed by atoms with Crippen molar-refractivity contribution in [3.8, 4) is 11.8 Å².